The summed E-state index contributed by atoms with van der Waals surface area (Å²) in [5.74, 6) is 0.295. The minimum absolute atomic E-state index is 0.249. The maximum atomic E-state index is 13.0. The van der Waals surface area contributed by atoms with Crippen molar-refractivity contribution < 1.29 is 22.3 Å². The van der Waals surface area contributed by atoms with Crippen LogP contribution < -0.4 is 4.74 Å². The van der Waals surface area contributed by atoms with Crippen LogP contribution in [0.3, 0.4) is 0 Å². The third-order valence-corrected chi connectivity index (χ3v) is 5.34. The Labute approximate surface area is 156 Å². The molecule has 0 N–H and O–H groups in total. The fourth-order valence-corrected chi connectivity index (χ4v) is 4.23. The second-order valence-electron chi connectivity index (χ2n) is 6.01. The van der Waals surface area contributed by atoms with Gasteiger partial charge in [0.15, 0.2) is 0 Å². The fourth-order valence-electron chi connectivity index (χ4n) is 3.02. The van der Waals surface area contributed by atoms with E-state index < -0.39 is 6.36 Å². The van der Waals surface area contributed by atoms with Crippen molar-refractivity contribution in [2.45, 2.75) is 17.7 Å². The Balaban J connectivity index is 1.75. The van der Waals surface area contributed by atoms with Gasteiger partial charge in [-0.05, 0) is 54.0 Å². The molecule has 0 bridgehead atoms. The summed E-state index contributed by atoms with van der Waals surface area (Å²) in [4.78, 5) is 5.54. The summed E-state index contributed by atoms with van der Waals surface area (Å²) in [5.41, 5.74) is 3.23. The van der Waals surface area contributed by atoms with Gasteiger partial charge in [0.1, 0.15) is 11.6 Å². The van der Waals surface area contributed by atoms with Gasteiger partial charge in [0.25, 0.3) is 0 Å². The lowest BCUT2D eigenvalue weighted by molar-refractivity contribution is -0.274. The molecular formula is C20H13F4NOS. The predicted octanol–water partition coefficient (Wildman–Crippen LogP) is 6.09. The number of nitrogens with zero attached hydrogens (tertiary/aromatic N) is 1. The molecule has 2 heterocycles. The lowest BCUT2D eigenvalue weighted by Crippen LogP contribution is -2.17. The Bertz CT molecular complexity index is 1030. The van der Waals surface area contributed by atoms with Crippen LogP contribution in [-0.2, 0) is 6.42 Å². The Morgan fingerprint density at radius 1 is 1.04 bits per heavy atom. The molecule has 138 valence electrons. The minimum Gasteiger partial charge on any atom is -0.406 e. The lowest BCUT2D eigenvalue weighted by Gasteiger charge is -2.12. The van der Waals surface area contributed by atoms with Crippen molar-refractivity contribution >= 4 is 34.8 Å². The van der Waals surface area contributed by atoms with E-state index in [4.69, 9.17) is 0 Å². The molecule has 1 aliphatic heterocycles. The largest absolute Gasteiger partial charge is 0.573 e. The standard InChI is InChI=1S/C20H13F4NOS/c21-13-4-1-12(2-5-13)3-7-17-15-9-10-27-19(15)16-11-14(26-20(22,23)24)6-8-18(16)25-17/h1-8,11H,9-10H2. The van der Waals surface area contributed by atoms with E-state index in [-0.39, 0.29) is 11.6 Å². The number of thioether (sulfide) groups is 1. The van der Waals surface area contributed by atoms with Crippen molar-refractivity contribution in [2.75, 3.05) is 5.75 Å². The molecule has 27 heavy (non-hydrogen) atoms. The second kappa shape index (κ2) is 6.88. The molecule has 1 aromatic heterocycles. The summed E-state index contributed by atoms with van der Waals surface area (Å²) >= 11 is 1.60. The molecule has 0 aliphatic carbocycles. The van der Waals surface area contributed by atoms with Crippen LogP contribution in [0.4, 0.5) is 17.6 Å². The van der Waals surface area contributed by atoms with Crippen LogP contribution in [0.25, 0.3) is 23.1 Å². The smallest absolute Gasteiger partial charge is 0.406 e. The van der Waals surface area contributed by atoms with E-state index in [9.17, 15) is 17.6 Å². The topological polar surface area (TPSA) is 22.1 Å². The maximum Gasteiger partial charge on any atom is 0.573 e. The van der Waals surface area contributed by atoms with Crippen molar-refractivity contribution in [3.8, 4) is 5.75 Å². The highest BCUT2D eigenvalue weighted by Crippen LogP contribution is 2.40. The van der Waals surface area contributed by atoms with E-state index in [0.717, 1.165) is 33.9 Å². The zero-order valence-corrected chi connectivity index (χ0v) is 14.7. The van der Waals surface area contributed by atoms with Gasteiger partial charge in [0, 0.05) is 16.0 Å². The van der Waals surface area contributed by atoms with Crippen LogP contribution in [0.2, 0.25) is 0 Å². The van der Waals surface area contributed by atoms with Gasteiger partial charge in [-0.2, -0.15) is 0 Å². The highest BCUT2D eigenvalue weighted by Gasteiger charge is 2.31. The first-order chi connectivity index (χ1) is 12.9. The van der Waals surface area contributed by atoms with Gasteiger partial charge < -0.3 is 4.74 Å². The van der Waals surface area contributed by atoms with Crippen molar-refractivity contribution in [1.29, 1.82) is 0 Å². The second-order valence-corrected chi connectivity index (χ2v) is 7.12. The zero-order chi connectivity index (χ0) is 19.0. The minimum atomic E-state index is -4.73. The molecular weight excluding hydrogens is 378 g/mol. The number of rotatable bonds is 3. The summed E-state index contributed by atoms with van der Waals surface area (Å²) in [7, 11) is 0. The zero-order valence-electron chi connectivity index (χ0n) is 13.9. The quantitative estimate of drug-likeness (QED) is 0.505. The number of aromatic nitrogens is 1. The van der Waals surface area contributed by atoms with Gasteiger partial charge in [-0.1, -0.05) is 18.2 Å². The molecule has 0 saturated heterocycles. The Kier molecular flexibility index (Phi) is 4.55. The third kappa shape index (κ3) is 3.93. The van der Waals surface area contributed by atoms with Crippen molar-refractivity contribution in [1.82, 2.24) is 4.98 Å². The number of halogens is 4. The number of hydrogen-bond acceptors (Lipinski definition) is 3. The predicted molar refractivity (Wildman–Crippen MR) is 98.2 cm³/mol. The summed E-state index contributed by atoms with van der Waals surface area (Å²) < 4.78 is 54.5. The van der Waals surface area contributed by atoms with Gasteiger partial charge in [0.05, 0.1) is 11.2 Å². The van der Waals surface area contributed by atoms with Crippen LogP contribution in [0.5, 0.6) is 5.75 Å². The van der Waals surface area contributed by atoms with Crippen LogP contribution >= 0.6 is 11.8 Å². The van der Waals surface area contributed by atoms with E-state index >= 15 is 0 Å². The van der Waals surface area contributed by atoms with Crippen LogP contribution in [0, 0.1) is 5.82 Å². The van der Waals surface area contributed by atoms with Crippen molar-refractivity contribution in [2.24, 2.45) is 0 Å². The van der Waals surface area contributed by atoms with E-state index in [1.54, 1.807) is 23.9 Å². The first-order valence-corrected chi connectivity index (χ1v) is 9.16. The molecule has 0 fully saturated rings. The number of benzene rings is 2. The molecule has 0 saturated carbocycles. The van der Waals surface area contributed by atoms with Crippen molar-refractivity contribution in [3.05, 3.63) is 65.1 Å². The molecule has 3 aromatic rings. The first kappa shape index (κ1) is 17.9. The molecule has 1 aliphatic rings. The van der Waals surface area contributed by atoms with E-state index in [1.807, 2.05) is 12.2 Å². The Morgan fingerprint density at radius 3 is 2.56 bits per heavy atom. The maximum absolute atomic E-state index is 13.0. The molecule has 0 unspecified atom stereocenters. The number of fused-ring (bicyclic) bond motifs is 3. The van der Waals surface area contributed by atoms with Gasteiger partial charge in [0.2, 0.25) is 0 Å². The first-order valence-electron chi connectivity index (χ1n) is 8.18. The van der Waals surface area contributed by atoms with Gasteiger partial charge in [-0.15, -0.1) is 24.9 Å². The third-order valence-electron chi connectivity index (χ3n) is 4.17. The molecule has 0 radical (unpaired) electrons. The lowest BCUT2D eigenvalue weighted by atomic mass is 10.1. The average Bonchev–Trinajstić information content (AvgIpc) is 3.10. The molecule has 2 aromatic carbocycles. The normalized spacial score (nSPS) is 14.1. The number of pyridine rings is 1. The highest BCUT2D eigenvalue weighted by atomic mass is 32.2. The molecule has 0 spiro atoms. The monoisotopic (exact) mass is 391 g/mol. The molecule has 0 atom stereocenters. The Hall–Kier alpha value is -2.54. The van der Waals surface area contributed by atoms with Crippen LogP contribution in [0.15, 0.2) is 47.4 Å². The molecule has 4 rings (SSSR count). The van der Waals surface area contributed by atoms with E-state index in [0.29, 0.717) is 10.9 Å². The van der Waals surface area contributed by atoms with Crippen LogP contribution in [0.1, 0.15) is 16.8 Å². The average molecular weight is 391 g/mol. The van der Waals surface area contributed by atoms with E-state index in [1.165, 1.54) is 30.3 Å². The van der Waals surface area contributed by atoms with Gasteiger partial charge in [-0.3, -0.25) is 0 Å². The number of hydrogen-bond donors (Lipinski definition) is 0. The molecule has 7 heteroatoms. The summed E-state index contributed by atoms with van der Waals surface area (Å²) in [6, 6.07) is 10.3. The fraction of sp³-hybridized carbons (Fsp3) is 0.150. The number of alkyl halides is 3. The number of ether oxygens (including phenoxy) is 1. The molecule has 2 nitrogen and oxygen atoms in total. The van der Waals surface area contributed by atoms with Crippen molar-refractivity contribution in [3.63, 3.8) is 0 Å². The van der Waals surface area contributed by atoms with E-state index in [2.05, 4.69) is 9.72 Å². The summed E-state index contributed by atoms with van der Waals surface area (Å²) in [6.45, 7) is 0. The van der Waals surface area contributed by atoms with Gasteiger partial charge in [-0.25, -0.2) is 9.37 Å². The Morgan fingerprint density at radius 2 is 1.81 bits per heavy atom. The SMILES string of the molecule is Fc1ccc(C=Cc2nc3ccc(OC(F)(F)F)cc3c3c2CCS3)cc1. The van der Waals surface area contributed by atoms with Crippen LogP contribution in [-0.4, -0.2) is 17.1 Å². The highest BCUT2D eigenvalue weighted by molar-refractivity contribution is 7.99. The molecule has 0 amide bonds. The summed E-state index contributed by atoms with van der Waals surface area (Å²) in [5, 5.41) is 0.660. The summed E-state index contributed by atoms with van der Waals surface area (Å²) in [6.07, 6.45) is -0.235. The van der Waals surface area contributed by atoms with Gasteiger partial charge >= 0.3 is 6.36 Å².